The standard InChI is InChI=1S/C23H23F3N4O/c1-15-6-8-17(9-7-15)29-22-27-14-20(23(24,25)26)21(30-22)28-16-10-12-19(13-11-16)31-18-4-2-3-5-18/h6-14,18H,2-5H2,1H3,(H2,27,28,29,30). The highest BCUT2D eigenvalue weighted by molar-refractivity contribution is 5.63. The Labute approximate surface area is 178 Å². The van der Waals surface area contributed by atoms with Gasteiger partial charge in [-0.05, 0) is 69.0 Å². The first-order valence-electron chi connectivity index (χ1n) is 10.2. The first-order valence-corrected chi connectivity index (χ1v) is 10.2. The predicted molar refractivity (Wildman–Crippen MR) is 114 cm³/mol. The summed E-state index contributed by atoms with van der Waals surface area (Å²) in [5, 5.41) is 5.70. The first-order chi connectivity index (χ1) is 14.9. The van der Waals surface area contributed by atoms with E-state index in [1.165, 1.54) is 0 Å². The number of alkyl halides is 3. The Bertz CT molecular complexity index is 1010. The summed E-state index contributed by atoms with van der Waals surface area (Å²) in [5.74, 6) is 0.458. The second kappa shape index (κ2) is 8.83. The zero-order chi connectivity index (χ0) is 21.8. The summed E-state index contributed by atoms with van der Waals surface area (Å²) >= 11 is 0. The van der Waals surface area contributed by atoms with Crippen LogP contribution in [0.2, 0.25) is 0 Å². The number of anilines is 4. The van der Waals surface area contributed by atoms with Gasteiger partial charge in [0.1, 0.15) is 17.1 Å². The van der Waals surface area contributed by atoms with E-state index in [-0.39, 0.29) is 17.9 Å². The Morgan fingerprint density at radius 1 is 0.903 bits per heavy atom. The average Bonchev–Trinajstić information content (AvgIpc) is 3.24. The second-order valence-corrected chi connectivity index (χ2v) is 7.62. The molecule has 162 valence electrons. The van der Waals surface area contributed by atoms with E-state index in [1.54, 1.807) is 24.3 Å². The van der Waals surface area contributed by atoms with Crippen LogP contribution in [0.4, 0.5) is 36.3 Å². The third-order valence-electron chi connectivity index (χ3n) is 5.12. The molecule has 5 nitrogen and oxygen atoms in total. The van der Waals surface area contributed by atoms with Crippen molar-refractivity contribution < 1.29 is 17.9 Å². The van der Waals surface area contributed by atoms with Crippen LogP contribution >= 0.6 is 0 Å². The molecule has 0 spiro atoms. The lowest BCUT2D eigenvalue weighted by Gasteiger charge is -2.16. The summed E-state index contributed by atoms with van der Waals surface area (Å²) in [7, 11) is 0. The Balaban J connectivity index is 1.54. The summed E-state index contributed by atoms with van der Waals surface area (Å²) in [5.41, 5.74) is 1.30. The van der Waals surface area contributed by atoms with Gasteiger partial charge in [-0.1, -0.05) is 17.7 Å². The van der Waals surface area contributed by atoms with Crippen molar-refractivity contribution in [3.05, 3.63) is 65.9 Å². The van der Waals surface area contributed by atoms with Crippen molar-refractivity contribution in [2.45, 2.75) is 44.9 Å². The van der Waals surface area contributed by atoms with Crippen molar-refractivity contribution in [3.63, 3.8) is 0 Å². The molecule has 4 rings (SSSR count). The van der Waals surface area contributed by atoms with E-state index in [1.807, 2.05) is 31.2 Å². The molecule has 0 atom stereocenters. The van der Waals surface area contributed by atoms with Gasteiger partial charge in [-0.25, -0.2) is 4.98 Å². The van der Waals surface area contributed by atoms with Crippen LogP contribution in [0.5, 0.6) is 5.75 Å². The van der Waals surface area contributed by atoms with Gasteiger partial charge < -0.3 is 15.4 Å². The van der Waals surface area contributed by atoms with E-state index in [4.69, 9.17) is 4.74 Å². The highest BCUT2D eigenvalue weighted by atomic mass is 19.4. The van der Waals surface area contributed by atoms with Crippen molar-refractivity contribution in [1.29, 1.82) is 0 Å². The second-order valence-electron chi connectivity index (χ2n) is 7.62. The fourth-order valence-corrected chi connectivity index (χ4v) is 3.46. The third kappa shape index (κ3) is 5.45. The zero-order valence-corrected chi connectivity index (χ0v) is 17.0. The normalized spacial score (nSPS) is 14.5. The number of hydrogen-bond donors (Lipinski definition) is 2. The quantitative estimate of drug-likeness (QED) is 0.462. The molecule has 0 saturated heterocycles. The van der Waals surface area contributed by atoms with E-state index < -0.39 is 11.7 Å². The van der Waals surface area contributed by atoms with E-state index in [0.717, 1.165) is 37.4 Å². The van der Waals surface area contributed by atoms with Gasteiger partial charge in [0.25, 0.3) is 0 Å². The maximum Gasteiger partial charge on any atom is 0.421 e. The Hall–Kier alpha value is -3.29. The van der Waals surface area contributed by atoms with Gasteiger partial charge in [0.05, 0.1) is 6.10 Å². The maximum absolute atomic E-state index is 13.5. The molecule has 2 aromatic carbocycles. The molecule has 31 heavy (non-hydrogen) atoms. The molecule has 2 N–H and O–H groups in total. The number of aromatic nitrogens is 2. The number of nitrogens with one attached hydrogen (secondary N) is 2. The number of ether oxygens (including phenoxy) is 1. The van der Waals surface area contributed by atoms with Crippen LogP contribution in [0.25, 0.3) is 0 Å². The average molecular weight is 428 g/mol. The Kier molecular flexibility index (Phi) is 5.97. The number of benzene rings is 2. The lowest BCUT2D eigenvalue weighted by Crippen LogP contribution is -2.13. The lowest BCUT2D eigenvalue weighted by atomic mass is 10.2. The molecule has 3 aromatic rings. The number of hydrogen-bond acceptors (Lipinski definition) is 5. The van der Waals surface area contributed by atoms with Gasteiger partial charge in [-0.3, -0.25) is 0 Å². The minimum absolute atomic E-state index is 0.0699. The fourth-order valence-electron chi connectivity index (χ4n) is 3.46. The van der Waals surface area contributed by atoms with Gasteiger partial charge in [0.15, 0.2) is 0 Å². The lowest BCUT2D eigenvalue weighted by molar-refractivity contribution is -0.137. The smallest absolute Gasteiger partial charge is 0.421 e. The van der Waals surface area contributed by atoms with Crippen LogP contribution in [-0.2, 0) is 6.18 Å². The fraction of sp³-hybridized carbons (Fsp3) is 0.304. The summed E-state index contributed by atoms with van der Waals surface area (Å²) in [6.07, 6.45) is 0.806. The first kappa shape index (κ1) is 21.0. The van der Waals surface area contributed by atoms with Crippen LogP contribution in [0.1, 0.15) is 36.8 Å². The van der Waals surface area contributed by atoms with Gasteiger partial charge in [-0.15, -0.1) is 0 Å². The number of rotatable bonds is 6. The molecule has 0 radical (unpaired) electrons. The minimum Gasteiger partial charge on any atom is -0.490 e. The zero-order valence-electron chi connectivity index (χ0n) is 17.0. The van der Waals surface area contributed by atoms with Gasteiger partial charge in [0, 0.05) is 17.6 Å². The van der Waals surface area contributed by atoms with Crippen molar-refractivity contribution in [2.24, 2.45) is 0 Å². The van der Waals surface area contributed by atoms with Gasteiger partial charge >= 0.3 is 6.18 Å². The van der Waals surface area contributed by atoms with Crippen molar-refractivity contribution >= 4 is 23.1 Å². The Morgan fingerprint density at radius 3 is 2.16 bits per heavy atom. The Morgan fingerprint density at radius 2 is 1.52 bits per heavy atom. The SMILES string of the molecule is Cc1ccc(Nc2ncc(C(F)(F)F)c(Nc3ccc(OC4CCCC4)cc3)n2)cc1. The number of aryl methyl sites for hydroxylation is 1. The van der Waals surface area contributed by atoms with Crippen LogP contribution in [0.3, 0.4) is 0 Å². The van der Waals surface area contributed by atoms with E-state index in [0.29, 0.717) is 17.1 Å². The van der Waals surface area contributed by atoms with Crippen LogP contribution < -0.4 is 15.4 Å². The van der Waals surface area contributed by atoms with Crippen LogP contribution in [0.15, 0.2) is 54.7 Å². The summed E-state index contributed by atoms with van der Waals surface area (Å²) in [6, 6.07) is 14.3. The maximum atomic E-state index is 13.5. The number of nitrogens with zero attached hydrogens (tertiary/aromatic N) is 2. The highest BCUT2D eigenvalue weighted by Crippen LogP contribution is 2.35. The van der Waals surface area contributed by atoms with E-state index in [9.17, 15) is 13.2 Å². The van der Waals surface area contributed by atoms with Crippen molar-refractivity contribution in [2.75, 3.05) is 10.6 Å². The molecule has 1 aliphatic rings. The summed E-state index contributed by atoms with van der Waals surface area (Å²) in [6.45, 7) is 1.95. The highest BCUT2D eigenvalue weighted by Gasteiger charge is 2.35. The molecule has 0 amide bonds. The summed E-state index contributed by atoms with van der Waals surface area (Å²) in [4.78, 5) is 7.91. The van der Waals surface area contributed by atoms with Crippen LogP contribution in [-0.4, -0.2) is 16.1 Å². The molecule has 1 heterocycles. The van der Waals surface area contributed by atoms with Crippen molar-refractivity contribution in [3.8, 4) is 5.75 Å². The molecule has 1 aliphatic carbocycles. The molecular weight excluding hydrogens is 405 g/mol. The molecule has 0 aliphatic heterocycles. The third-order valence-corrected chi connectivity index (χ3v) is 5.12. The summed E-state index contributed by atoms with van der Waals surface area (Å²) < 4.78 is 46.4. The molecule has 0 unspecified atom stereocenters. The van der Waals surface area contributed by atoms with E-state index in [2.05, 4.69) is 20.6 Å². The monoisotopic (exact) mass is 428 g/mol. The topological polar surface area (TPSA) is 59.1 Å². The molecule has 1 fully saturated rings. The van der Waals surface area contributed by atoms with Gasteiger partial charge in [-0.2, -0.15) is 18.2 Å². The minimum atomic E-state index is -4.59. The molecule has 1 aromatic heterocycles. The molecule has 0 bridgehead atoms. The predicted octanol–water partition coefficient (Wildman–Crippen LogP) is 6.61. The van der Waals surface area contributed by atoms with Crippen molar-refractivity contribution in [1.82, 2.24) is 9.97 Å². The number of halogens is 3. The molecular formula is C23H23F3N4O. The molecule has 8 heteroatoms. The van der Waals surface area contributed by atoms with Gasteiger partial charge in [0.2, 0.25) is 5.95 Å². The largest absolute Gasteiger partial charge is 0.490 e. The van der Waals surface area contributed by atoms with Crippen LogP contribution in [0, 0.1) is 6.92 Å². The van der Waals surface area contributed by atoms with E-state index >= 15 is 0 Å². The molecule has 1 saturated carbocycles.